The summed E-state index contributed by atoms with van der Waals surface area (Å²) in [5.41, 5.74) is 7.01. The van der Waals surface area contributed by atoms with E-state index in [0.29, 0.717) is 0 Å². The second-order valence-corrected chi connectivity index (χ2v) is 8.59. The first-order valence-electron chi connectivity index (χ1n) is 11.3. The van der Waals surface area contributed by atoms with Crippen molar-refractivity contribution in [3.8, 4) is 33.4 Å². The van der Waals surface area contributed by atoms with Gasteiger partial charge in [-0.3, -0.25) is 4.98 Å². The van der Waals surface area contributed by atoms with E-state index in [-0.39, 0.29) is 0 Å². The van der Waals surface area contributed by atoms with E-state index < -0.39 is 0 Å². The Morgan fingerprint density at radius 2 is 0.882 bits per heavy atom. The quantitative estimate of drug-likeness (QED) is 0.267. The fourth-order valence-corrected chi connectivity index (χ4v) is 5.13. The highest BCUT2D eigenvalue weighted by atomic mass is 14.8. The van der Waals surface area contributed by atoms with E-state index in [2.05, 4.69) is 99.9 Å². The fourth-order valence-electron chi connectivity index (χ4n) is 5.13. The molecule has 0 unspecified atom stereocenters. The Balaban J connectivity index is 1.46. The first kappa shape index (κ1) is 18.9. The molecule has 3 heteroatoms. The number of pyridine rings is 1. The molecule has 2 aromatic heterocycles. The van der Waals surface area contributed by atoms with Crippen LogP contribution in [0.15, 0.2) is 116 Å². The lowest BCUT2D eigenvalue weighted by atomic mass is 9.87. The summed E-state index contributed by atoms with van der Waals surface area (Å²) >= 11 is 0. The summed E-state index contributed by atoms with van der Waals surface area (Å²) in [5, 5.41) is 7.73. The van der Waals surface area contributed by atoms with Crippen molar-refractivity contribution in [1.82, 2.24) is 15.0 Å². The summed E-state index contributed by atoms with van der Waals surface area (Å²) in [6.07, 6.45) is 8.97. The predicted molar refractivity (Wildman–Crippen MR) is 140 cm³/mol. The molecule has 7 rings (SSSR count). The average molecular weight is 434 g/mol. The molecule has 0 aliphatic rings. The van der Waals surface area contributed by atoms with Crippen LogP contribution in [0, 0.1) is 0 Å². The minimum absolute atomic E-state index is 1.02. The molecule has 2 heterocycles. The highest BCUT2D eigenvalue weighted by Crippen LogP contribution is 2.42. The number of aromatic nitrogens is 3. The van der Waals surface area contributed by atoms with Gasteiger partial charge < -0.3 is 0 Å². The zero-order valence-electron chi connectivity index (χ0n) is 18.3. The molecule has 3 nitrogen and oxygen atoms in total. The molecule has 0 saturated carbocycles. The van der Waals surface area contributed by atoms with Crippen molar-refractivity contribution in [3.05, 3.63) is 116 Å². The summed E-state index contributed by atoms with van der Waals surface area (Å²) in [6, 6.07) is 30.8. The predicted octanol–water partition coefficient (Wildman–Crippen LogP) is 7.77. The number of hydrogen-bond donors (Lipinski definition) is 0. The smallest absolute Gasteiger partial charge is 0.115 e. The lowest BCUT2D eigenvalue weighted by molar-refractivity contribution is 1.17. The molecular formula is C31H19N3. The lowest BCUT2D eigenvalue weighted by Crippen LogP contribution is -1.90. The Bertz CT molecular complexity index is 1770. The van der Waals surface area contributed by atoms with Gasteiger partial charge in [-0.05, 0) is 72.3 Å². The van der Waals surface area contributed by atoms with Gasteiger partial charge in [0.2, 0.25) is 0 Å². The van der Waals surface area contributed by atoms with Gasteiger partial charge in [-0.25, -0.2) is 9.97 Å². The van der Waals surface area contributed by atoms with Crippen molar-refractivity contribution >= 4 is 32.3 Å². The Kier molecular flexibility index (Phi) is 4.15. The third-order valence-corrected chi connectivity index (χ3v) is 6.75. The van der Waals surface area contributed by atoms with Crippen molar-refractivity contribution in [2.75, 3.05) is 0 Å². The maximum atomic E-state index is 4.20. The average Bonchev–Trinajstić information content (AvgIpc) is 2.92. The minimum Gasteiger partial charge on any atom is -0.265 e. The minimum atomic E-state index is 1.02. The Labute approximate surface area is 196 Å². The van der Waals surface area contributed by atoms with Gasteiger partial charge in [-0.1, -0.05) is 72.8 Å². The number of benzene rings is 5. The van der Waals surface area contributed by atoms with E-state index >= 15 is 0 Å². The molecule has 0 aliphatic carbocycles. The zero-order valence-corrected chi connectivity index (χ0v) is 18.3. The molecule has 0 amide bonds. The molecule has 0 spiro atoms. The van der Waals surface area contributed by atoms with Gasteiger partial charge in [-0.15, -0.1) is 0 Å². The van der Waals surface area contributed by atoms with Gasteiger partial charge in [0.1, 0.15) is 6.33 Å². The van der Waals surface area contributed by atoms with Gasteiger partial charge in [0.05, 0.1) is 0 Å². The highest BCUT2D eigenvalue weighted by Gasteiger charge is 2.14. The van der Waals surface area contributed by atoms with E-state index in [4.69, 9.17) is 0 Å². The Morgan fingerprint density at radius 1 is 0.382 bits per heavy atom. The van der Waals surface area contributed by atoms with Gasteiger partial charge in [0, 0.05) is 30.4 Å². The maximum Gasteiger partial charge on any atom is 0.115 e. The second kappa shape index (κ2) is 7.46. The summed E-state index contributed by atoms with van der Waals surface area (Å²) in [5.74, 6) is 0. The monoisotopic (exact) mass is 433 g/mol. The normalized spacial score (nSPS) is 11.5. The van der Waals surface area contributed by atoms with Crippen LogP contribution in [-0.4, -0.2) is 15.0 Å². The standard InChI is InChI=1S/C31H19N3/c1-3-21(4-2-20(1)25-17-33-19-34-18-25)26-9-7-23-5-6-24-8-10-27(22-13-15-32-16-14-22)29-12-11-28(26)30(23)31(24)29/h1-19H. The Morgan fingerprint density at radius 3 is 1.47 bits per heavy atom. The number of hydrogen-bond acceptors (Lipinski definition) is 3. The van der Waals surface area contributed by atoms with E-state index in [1.165, 1.54) is 54.6 Å². The molecule has 0 N–H and O–H groups in total. The maximum absolute atomic E-state index is 4.20. The van der Waals surface area contributed by atoms with E-state index in [1.807, 2.05) is 24.8 Å². The molecule has 0 atom stereocenters. The van der Waals surface area contributed by atoms with E-state index in [1.54, 1.807) is 6.33 Å². The SMILES string of the molecule is c1cc(-c2ccc3ccc4ccc(-c5ccc(-c6cncnc6)cc5)c5ccc2c3c45)ccn1. The van der Waals surface area contributed by atoms with Crippen LogP contribution in [0.25, 0.3) is 65.7 Å². The summed E-state index contributed by atoms with van der Waals surface area (Å²) in [6.45, 7) is 0. The molecule has 34 heavy (non-hydrogen) atoms. The zero-order chi connectivity index (χ0) is 22.5. The second-order valence-electron chi connectivity index (χ2n) is 8.59. The van der Waals surface area contributed by atoms with Crippen molar-refractivity contribution in [2.45, 2.75) is 0 Å². The van der Waals surface area contributed by atoms with Crippen LogP contribution in [0.2, 0.25) is 0 Å². The van der Waals surface area contributed by atoms with Crippen molar-refractivity contribution < 1.29 is 0 Å². The first-order chi connectivity index (χ1) is 16.9. The third-order valence-electron chi connectivity index (χ3n) is 6.75. The van der Waals surface area contributed by atoms with Gasteiger partial charge in [-0.2, -0.15) is 0 Å². The van der Waals surface area contributed by atoms with Crippen molar-refractivity contribution in [1.29, 1.82) is 0 Å². The third kappa shape index (κ3) is 2.87. The highest BCUT2D eigenvalue weighted by molar-refractivity contribution is 6.27. The van der Waals surface area contributed by atoms with Crippen LogP contribution in [0.3, 0.4) is 0 Å². The number of nitrogens with zero attached hydrogens (tertiary/aromatic N) is 3. The molecular weight excluding hydrogens is 414 g/mol. The molecule has 7 aromatic rings. The molecule has 0 fully saturated rings. The van der Waals surface area contributed by atoms with Crippen LogP contribution in [-0.2, 0) is 0 Å². The molecule has 0 bridgehead atoms. The fraction of sp³-hybridized carbons (Fsp3) is 0. The van der Waals surface area contributed by atoms with Crippen LogP contribution in [0.5, 0.6) is 0 Å². The number of rotatable bonds is 3. The van der Waals surface area contributed by atoms with Crippen LogP contribution in [0.4, 0.5) is 0 Å². The van der Waals surface area contributed by atoms with Gasteiger partial charge >= 0.3 is 0 Å². The summed E-state index contributed by atoms with van der Waals surface area (Å²) < 4.78 is 0. The van der Waals surface area contributed by atoms with Crippen molar-refractivity contribution in [2.24, 2.45) is 0 Å². The lowest BCUT2D eigenvalue weighted by Gasteiger charge is -2.16. The Hall–Kier alpha value is -4.63. The molecule has 0 saturated heterocycles. The van der Waals surface area contributed by atoms with Crippen LogP contribution >= 0.6 is 0 Å². The molecule has 0 aliphatic heterocycles. The van der Waals surface area contributed by atoms with Crippen molar-refractivity contribution in [3.63, 3.8) is 0 Å². The van der Waals surface area contributed by atoms with E-state index in [0.717, 1.165) is 11.1 Å². The molecule has 158 valence electrons. The topological polar surface area (TPSA) is 38.7 Å². The summed E-state index contributed by atoms with van der Waals surface area (Å²) in [4.78, 5) is 12.5. The molecule has 0 radical (unpaired) electrons. The summed E-state index contributed by atoms with van der Waals surface area (Å²) in [7, 11) is 0. The van der Waals surface area contributed by atoms with Crippen LogP contribution in [0.1, 0.15) is 0 Å². The largest absolute Gasteiger partial charge is 0.265 e. The van der Waals surface area contributed by atoms with E-state index in [9.17, 15) is 0 Å². The van der Waals surface area contributed by atoms with Gasteiger partial charge in [0.15, 0.2) is 0 Å². The molecule has 5 aromatic carbocycles. The first-order valence-corrected chi connectivity index (χ1v) is 11.3. The van der Waals surface area contributed by atoms with Gasteiger partial charge in [0.25, 0.3) is 0 Å². The van der Waals surface area contributed by atoms with Crippen LogP contribution < -0.4 is 0 Å².